The number of hydrogen-bond acceptors (Lipinski definition) is 4. The second-order valence-corrected chi connectivity index (χ2v) is 5.63. The SMILES string of the molecule is Cc1cc(-c2nnc(/C(Cl)=C/c3ccc(Cl)cc3)o2)c(C)o1. The quantitative estimate of drug-likeness (QED) is 0.648. The van der Waals surface area contributed by atoms with Crippen molar-refractivity contribution in [2.45, 2.75) is 13.8 Å². The first-order chi connectivity index (χ1) is 10.5. The Balaban J connectivity index is 1.90. The highest BCUT2D eigenvalue weighted by molar-refractivity contribution is 6.50. The van der Waals surface area contributed by atoms with Crippen molar-refractivity contribution >= 4 is 34.3 Å². The first kappa shape index (κ1) is 14.9. The van der Waals surface area contributed by atoms with Crippen molar-refractivity contribution in [1.82, 2.24) is 10.2 Å². The van der Waals surface area contributed by atoms with Crippen LogP contribution in [0, 0.1) is 13.8 Å². The number of rotatable bonds is 3. The van der Waals surface area contributed by atoms with Gasteiger partial charge in [0, 0.05) is 5.02 Å². The Kier molecular flexibility index (Phi) is 4.05. The summed E-state index contributed by atoms with van der Waals surface area (Å²) in [7, 11) is 0. The standard InChI is InChI=1S/C16H12Cl2N2O2/c1-9-7-13(10(2)21-9)15-19-20-16(22-15)14(18)8-11-3-5-12(17)6-4-11/h3-8H,1-2H3/b14-8-. The molecule has 3 aromatic rings. The maximum absolute atomic E-state index is 6.23. The Bertz CT molecular complexity index is 832. The number of aryl methyl sites for hydroxylation is 2. The van der Waals surface area contributed by atoms with Crippen molar-refractivity contribution in [2.24, 2.45) is 0 Å². The molecule has 2 aromatic heterocycles. The van der Waals surface area contributed by atoms with Crippen LogP contribution >= 0.6 is 23.2 Å². The highest BCUT2D eigenvalue weighted by Crippen LogP contribution is 2.28. The zero-order valence-electron chi connectivity index (χ0n) is 11.9. The van der Waals surface area contributed by atoms with Crippen LogP contribution in [0.15, 0.2) is 39.2 Å². The van der Waals surface area contributed by atoms with Crippen LogP contribution in [-0.2, 0) is 0 Å². The fourth-order valence-corrected chi connectivity index (χ4v) is 2.37. The van der Waals surface area contributed by atoms with Gasteiger partial charge in [0.25, 0.3) is 11.8 Å². The van der Waals surface area contributed by atoms with Crippen LogP contribution in [0.3, 0.4) is 0 Å². The number of benzene rings is 1. The number of aromatic nitrogens is 2. The summed E-state index contributed by atoms with van der Waals surface area (Å²) in [6.45, 7) is 3.71. The van der Waals surface area contributed by atoms with E-state index in [9.17, 15) is 0 Å². The van der Waals surface area contributed by atoms with E-state index in [0.29, 0.717) is 15.9 Å². The van der Waals surface area contributed by atoms with Gasteiger partial charge in [-0.05, 0) is 43.7 Å². The molecule has 0 atom stereocenters. The van der Waals surface area contributed by atoms with Gasteiger partial charge < -0.3 is 8.83 Å². The van der Waals surface area contributed by atoms with Gasteiger partial charge in [0.1, 0.15) is 16.6 Å². The van der Waals surface area contributed by atoms with E-state index in [1.165, 1.54) is 0 Å². The highest BCUT2D eigenvalue weighted by atomic mass is 35.5. The van der Waals surface area contributed by atoms with Gasteiger partial charge in [-0.1, -0.05) is 35.3 Å². The molecule has 0 aliphatic rings. The molecule has 6 heteroatoms. The summed E-state index contributed by atoms with van der Waals surface area (Å²) in [5, 5.41) is 9.01. The summed E-state index contributed by atoms with van der Waals surface area (Å²) >= 11 is 12.1. The lowest BCUT2D eigenvalue weighted by Gasteiger charge is -1.95. The Hall–Kier alpha value is -2.04. The molecule has 0 bridgehead atoms. The van der Waals surface area contributed by atoms with Crippen LogP contribution in [0.5, 0.6) is 0 Å². The molecule has 112 valence electrons. The summed E-state index contributed by atoms with van der Waals surface area (Å²) in [4.78, 5) is 0. The summed E-state index contributed by atoms with van der Waals surface area (Å²) in [6.07, 6.45) is 1.74. The molecule has 0 saturated heterocycles. The Morgan fingerprint density at radius 1 is 1.09 bits per heavy atom. The van der Waals surface area contributed by atoms with Crippen LogP contribution in [-0.4, -0.2) is 10.2 Å². The molecule has 0 amide bonds. The molecular weight excluding hydrogens is 323 g/mol. The third-order valence-corrected chi connectivity index (χ3v) is 3.59. The second-order valence-electron chi connectivity index (χ2n) is 4.78. The zero-order valence-corrected chi connectivity index (χ0v) is 13.4. The van der Waals surface area contributed by atoms with Crippen molar-refractivity contribution in [1.29, 1.82) is 0 Å². The van der Waals surface area contributed by atoms with Gasteiger partial charge in [-0.2, -0.15) is 0 Å². The summed E-state index contributed by atoms with van der Waals surface area (Å²) in [5.74, 6) is 2.15. The maximum Gasteiger partial charge on any atom is 0.259 e. The average molecular weight is 335 g/mol. The molecule has 0 N–H and O–H groups in total. The van der Waals surface area contributed by atoms with Gasteiger partial charge in [-0.3, -0.25) is 0 Å². The van der Waals surface area contributed by atoms with E-state index in [1.54, 1.807) is 18.2 Å². The number of nitrogens with zero attached hydrogens (tertiary/aromatic N) is 2. The maximum atomic E-state index is 6.23. The van der Waals surface area contributed by atoms with E-state index in [1.807, 2.05) is 32.0 Å². The van der Waals surface area contributed by atoms with Gasteiger partial charge in [-0.15, -0.1) is 10.2 Å². The second kappa shape index (κ2) is 5.99. The third kappa shape index (κ3) is 3.08. The predicted octanol–water partition coefficient (Wildman–Crippen LogP) is 5.34. The molecule has 3 rings (SSSR count). The van der Waals surface area contributed by atoms with Crippen LogP contribution < -0.4 is 0 Å². The molecule has 22 heavy (non-hydrogen) atoms. The Labute approximate surface area is 137 Å². The van der Waals surface area contributed by atoms with E-state index < -0.39 is 0 Å². The number of hydrogen-bond donors (Lipinski definition) is 0. The van der Waals surface area contributed by atoms with Gasteiger partial charge in [0.05, 0.1) is 5.56 Å². The van der Waals surface area contributed by atoms with Crippen molar-refractivity contribution in [3.63, 3.8) is 0 Å². The lowest BCUT2D eigenvalue weighted by Crippen LogP contribution is -1.78. The number of furan rings is 1. The molecule has 0 spiro atoms. The predicted molar refractivity (Wildman–Crippen MR) is 86.7 cm³/mol. The first-order valence-electron chi connectivity index (χ1n) is 6.57. The van der Waals surface area contributed by atoms with E-state index in [4.69, 9.17) is 32.0 Å². The van der Waals surface area contributed by atoms with Crippen LogP contribution in [0.2, 0.25) is 5.02 Å². The topological polar surface area (TPSA) is 52.1 Å². The van der Waals surface area contributed by atoms with Gasteiger partial charge in [-0.25, -0.2) is 0 Å². The molecule has 0 aliphatic heterocycles. The summed E-state index contributed by atoms with van der Waals surface area (Å²) in [6, 6.07) is 9.13. The minimum Gasteiger partial charge on any atom is -0.466 e. The summed E-state index contributed by atoms with van der Waals surface area (Å²) in [5.41, 5.74) is 1.66. The van der Waals surface area contributed by atoms with Crippen molar-refractivity contribution in [3.8, 4) is 11.5 Å². The van der Waals surface area contributed by atoms with E-state index in [2.05, 4.69) is 10.2 Å². The fraction of sp³-hybridized carbons (Fsp3) is 0.125. The van der Waals surface area contributed by atoms with Gasteiger partial charge in [0.2, 0.25) is 0 Å². The molecule has 2 heterocycles. The largest absolute Gasteiger partial charge is 0.466 e. The number of halogens is 2. The van der Waals surface area contributed by atoms with Crippen molar-refractivity contribution in [3.05, 3.63) is 58.3 Å². The van der Waals surface area contributed by atoms with E-state index >= 15 is 0 Å². The zero-order chi connectivity index (χ0) is 15.7. The van der Waals surface area contributed by atoms with Gasteiger partial charge in [0.15, 0.2) is 0 Å². The van der Waals surface area contributed by atoms with Crippen LogP contribution in [0.4, 0.5) is 0 Å². The molecule has 0 unspecified atom stereocenters. The first-order valence-corrected chi connectivity index (χ1v) is 7.32. The molecule has 0 aliphatic carbocycles. The molecule has 1 aromatic carbocycles. The lowest BCUT2D eigenvalue weighted by atomic mass is 10.2. The third-order valence-electron chi connectivity index (χ3n) is 3.06. The Morgan fingerprint density at radius 3 is 2.45 bits per heavy atom. The molecule has 4 nitrogen and oxygen atoms in total. The Morgan fingerprint density at radius 2 is 1.82 bits per heavy atom. The van der Waals surface area contributed by atoms with Crippen LogP contribution in [0.25, 0.3) is 22.6 Å². The smallest absolute Gasteiger partial charge is 0.259 e. The fourth-order valence-electron chi connectivity index (χ4n) is 2.04. The normalized spacial score (nSPS) is 11.9. The average Bonchev–Trinajstić information content (AvgIpc) is 3.08. The molecular formula is C16H12Cl2N2O2. The minimum absolute atomic E-state index is 0.255. The van der Waals surface area contributed by atoms with Crippen molar-refractivity contribution < 1.29 is 8.83 Å². The minimum atomic E-state index is 0.255. The summed E-state index contributed by atoms with van der Waals surface area (Å²) < 4.78 is 11.1. The lowest BCUT2D eigenvalue weighted by molar-refractivity contribution is 0.502. The molecule has 0 saturated carbocycles. The highest BCUT2D eigenvalue weighted by Gasteiger charge is 2.16. The van der Waals surface area contributed by atoms with E-state index in [-0.39, 0.29) is 5.89 Å². The molecule has 0 radical (unpaired) electrons. The van der Waals surface area contributed by atoms with Gasteiger partial charge >= 0.3 is 0 Å². The van der Waals surface area contributed by atoms with Crippen LogP contribution in [0.1, 0.15) is 23.0 Å². The van der Waals surface area contributed by atoms with E-state index in [0.717, 1.165) is 22.6 Å². The monoisotopic (exact) mass is 334 g/mol. The molecule has 0 fully saturated rings. The van der Waals surface area contributed by atoms with Crippen molar-refractivity contribution in [2.75, 3.05) is 0 Å².